The van der Waals surface area contributed by atoms with Crippen LogP contribution in [-0.4, -0.2) is 75.3 Å². The molecule has 4 aromatic rings. The Hall–Kier alpha value is -4.74. The van der Waals surface area contributed by atoms with Gasteiger partial charge in [0.2, 0.25) is 5.78 Å². The third-order valence-electron chi connectivity index (χ3n) is 6.32. The van der Waals surface area contributed by atoms with E-state index in [0.717, 1.165) is 11.1 Å². The Bertz CT molecular complexity index is 1790. The maximum atomic E-state index is 12.3. The van der Waals surface area contributed by atoms with Crippen molar-refractivity contribution in [3.63, 3.8) is 0 Å². The lowest BCUT2D eigenvalue weighted by Crippen LogP contribution is -2.12. The summed E-state index contributed by atoms with van der Waals surface area (Å²) in [7, 11) is 3.61. The summed E-state index contributed by atoms with van der Waals surface area (Å²) in [5, 5.41) is 9.52. The fraction of sp³-hybridized carbons (Fsp3) is 0.273. The number of halogens is 2. The number of Topliss-reactive ketones (excluding diaryl/α,β-unsaturated/α-hetero) is 1. The molecule has 0 amide bonds. The molecule has 0 saturated heterocycles. The van der Waals surface area contributed by atoms with Crippen LogP contribution in [0.5, 0.6) is 0 Å². The SMILES string of the molecule is CCOC(=O)c1cc(C(=O)/C=C/N(C)C)nn1-c1cc(Cl)ccc1C.CCOC(=O)c1cc(C(C)=O)nn1-c1cc(Cl)ccc1C. The van der Waals surface area contributed by atoms with E-state index in [1.165, 1.54) is 34.5 Å². The van der Waals surface area contributed by atoms with Gasteiger partial charge in [-0.05, 0) is 63.1 Å². The summed E-state index contributed by atoms with van der Waals surface area (Å²) in [4.78, 5) is 49.9. The van der Waals surface area contributed by atoms with Crippen LogP contribution in [0.2, 0.25) is 10.0 Å². The fourth-order valence-electron chi connectivity index (χ4n) is 4.05. The van der Waals surface area contributed by atoms with E-state index in [2.05, 4.69) is 10.2 Å². The van der Waals surface area contributed by atoms with Crippen LogP contribution in [0.25, 0.3) is 11.4 Å². The maximum absolute atomic E-state index is 12.3. The first-order chi connectivity index (χ1) is 21.8. The Morgan fingerprint density at radius 1 is 0.761 bits per heavy atom. The normalized spacial score (nSPS) is 10.7. The summed E-state index contributed by atoms with van der Waals surface area (Å²) >= 11 is 12.1. The molecule has 2 aromatic heterocycles. The van der Waals surface area contributed by atoms with Gasteiger partial charge in [0, 0.05) is 55.5 Å². The number of ketones is 2. The highest BCUT2D eigenvalue weighted by Crippen LogP contribution is 2.23. The van der Waals surface area contributed by atoms with Crippen molar-refractivity contribution in [3.8, 4) is 11.4 Å². The third-order valence-corrected chi connectivity index (χ3v) is 6.79. The van der Waals surface area contributed by atoms with E-state index in [-0.39, 0.29) is 47.6 Å². The maximum Gasteiger partial charge on any atom is 0.357 e. The minimum Gasteiger partial charge on any atom is -0.461 e. The minimum absolute atomic E-state index is 0.153. The largest absolute Gasteiger partial charge is 0.461 e. The van der Waals surface area contributed by atoms with Crippen molar-refractivity contribution in [2.75, 3.05) is 27.3 Å². The Labute approximate surface area is 277 Å². The smallest absolute Gasteiger partial charge is 0.357 e. The number of aromatic nitrogens is 4. The lowest BCUT2D eigenvalue weighted by atomic mass is 10.2. The molecule has 46 heavy (non-hydrogen) atoms. The molecule has 13 heteroatoms. The first-order valence-electron chi connectivity index (χ1n) is 14.2. The van der Waals surface area contributed by atoms with Crippen LogP contribution in [0.15, 0.2) is 60.8 Å². The van der Waals surface area contributed by atoms with Gasteiger partial charge in [0.15, 0.2) is 17.2 Å². The second kappa shape index (κ2) is 16.0. The van der Waals surface area contributed by atoms with Gasteiger partial charge in [0.05, 0.1) is 24.6 Å². The lowest BCUT2D eigenvalue weighted by Gasteiger charge is -2.10. The standard InChI is InChI=1S/C18H20ClN3O3.C15H15ClN2O3/c1-5-25-18(24)16-11-14(17(23)8-9-21(3)4)20-22(16)15-10-13(19)7-6-12(15)2;1-4-21-15(20)14-8-12(10(3)19)17-18(14)13-7-11(16)6-5-9(13)2/h6-11H,5H2,1-4H3;5-8H,4H2,1-3H3/b9-8+;. The molecule has 4 rings (SSSR count). The number of rotatable bonds is 10. The van der Waals surface area contributed by atoms with Gasteiger partial charge in [-0.25, -0.2) is 19.0 Å². The molecule has 2 heterocycles. The van der Waals surface area contributed by atoms with E-state index < -0.39 is 11.9 Å². The van der Waals surface area contributed by atoms with Crippen LogP contribution in [0.1, 0.15) is 73.9 Å². The first-order valence-corrected chi connectivity index (χ1v) is 15.0. The molecule has 0 aliphatic rings. The molecule has 0 aliphatic carbocycles. The van der Waals surface area contributed by atoms with E-state index in [0.29, 0.717) is 21.4 Å². The number of hydrogen-bond donors (Lipinski definition) is 0. The zero-order valence-corrected chi connectivity index (χ0v) is 28.1. The van der Waals surface area contributed by atoms with Crippen molar-refractivity contribution < 1.29 is 28.7 Å². The number of aryl methyl sites for hydroxylation is 2. The molecule has 0 atom stereocenters. The molecule has 0 N–H and O–H groups in total. The Kier molecular flexibility index (Phi) is 12.4. The first kappa shape index (κ1) is 35.7. The van der Waals surface area contributed by atoms with E-state index in [1.807, 2.05) is 40.1 Å². The number of nitrogens with zero attached hydrogens (tertiary/aromatic N) is 5. The van der Waals surface area contributed by atoms with Gasteiger partial charge in [-0.2, -0.15) is 10.2 Å². The average molecular weight is 669 g/mol. The third kappa shape index (κ3) is 8.92. The van der Waals surface area contributed by atoms with Gasteiger partial charge in [0.25, 0.3) is 0 Å². The highest BCUT2D eigenvalue weighted by molar-refractivity contribution is 6.31. The van der Waals surface area contributed by atoms with E-state index in [1.54, 1.807) is 49.2 Å². The summed E-state index contributed by atoms with van der Waals surface area (Å²) < 4.78 is 12.9. The summed E-state index contributed by atoms with van der Waals surface area (Å²) in [6.45, 7) is 9.04. The predicted octanol–water partition coefficient (Wildman–Crippen LogP) is 6.48. The van der Waals surface area contributed by atoms with Crippen LogP contribution in [0, 0.1) is 13.8 Å². The van der Waals surface area contributed by atoms with Crippen LogP contribution in [0.3, 0.4) is 0 Å². The highest BCUT2D eigenvalue weighted by Gasteiger charge is 2.22. The second-order valence-corrected chi connectivity index (χ2v) is 11.0. The van der Waals surface area contributed by atoms with Crippen molar-refractivity contribution in [2.45, 2.75) is 34.6 Å². The molecule has 11 nitrogen and oxygen atoms in total. The molecule has 0 fully saturated rings. The predicted molar refractivity (Wildman–Crippen MR) is 176 cm³/mol. The Morgan fingerprint density at radius 2 is 1.20 bits per heavy atom. The number of ether oxygens (including phenoxy) is 2. The molecule has 0 radical (unpaired) electrons. The lowest BCUT2D eigenvalue weighted by molar-refractivity contribution is 0.0506. The second-order valence-electron chi connectivity index (χ2n) is 10.2. The molecular weight excluding hydrogens is 633 g/mol. The van der Waals surface area contributed by atoms with Gasteiger partial charge in [-0.1, -0.05) is 35.3 Å². The molecule has 0 bridgehead atoms. The molecule has 0 spiro atoms. The highest BCUT2D eigenvalue weighted by atomic mass is 35.5. The van der Waals surface area contributed by atoms with E-state index >= 15 is 0 Å². The van der Waals surface area contributed by atoms with Gasteiger partial charge in [-0.15, -0.1) is 0 Å². The van der Waals surface area contributed by atoms with Crippen LogP contribution < -0.4 is 0 Å². The van der Waals surface area contributed by atoms with Crippen molar-refractivity contribution in [3.05, 3.63) is 105 Å². The van der Waals surface area contributed by atoms with Crippen LogP contribution in [-0.2, 0) is 9.47 Å². The average Bonchev–Trinajstić information content (AvgIpc) is 3.65. The quantitative estimate of drug-likeness (QED) is 0.106. The zero-order valence-electron chi connectivity index (χ0n) is 26.6. The molecule has 2 aromatic carbocycles. The van der Waals surface area contributed by atoms with Gasteiger partial charge < -0.3 is 14.4 Å². The van der Waals surface area contributed by atoms with Gasteiger partial charge in [-0.3, -0.25) is 9.59 Å². The summed E-state index contributed by atoms with van der Waals surface area (Å²) in [6.07, 6.45) is 3.02. The van der Waals surface area contributed by atoms with Crippen molar-refractivity contribution >= 4 is 46.7 Å². The topological polar surface area (TPSA) is 126 Å². The van der Waals surface area contributed by atoms with Crippen molar-refractivity contribution in [2.24, 2.45) is 0 Å². The number of carbonyl (C=O) groups is 4. The molecular formula is C33H35Cl2N5O6. The fourth-order valence-corrected chi connectivity index (χ4v) is 4.38. The van der Waals surface area contributed by atoms with Crippen molar-refractivity contribution in [1.29, 1.82) is 0 Å². The molecule has 242 valence electrons. The van der Waals surface area contributed by atoms with E-state index in [4.69, 9.17) is 32.7 Å². The minimum atomic E-state index is -0.551. The van der Waals surface area contributed by atoms with E-state index in [9.17, 15) is 19.2 Å². The molecule has 0 saturated carbocycles. The van der Waals surface area contributed by atoms with Crippen LogP contribution in [0.4, 0.5) is 0 Å². The molecule has 0 unspecified atom stereocenters. The number of benzene rings is 2. The number of esters is 2. The van der Waals surface area contributed by atoms with Crippen molar-refractivity contribution in [1.82, 2.24) is 24.5 Å². The zero-order chi connectivity index (χ0) is 34.1. The monoisotopic (exact) mass is 667 g/mol. The summed E-state index contributed by atoms with van der Waals surface area (Å²) in [6, 6.07) is 13.4. The molecule has 0 aliphatic heterocycles. The van der Waals surface area contributed by atoms with Gasteiger partial charge >= 0.3 is 11.9 Å². The van der Waals surface area contributed by atoms with Crippen LogP contribution >= 0.6 is 23.2 Å². The summed E-state index contributed by atoms with van der Waals surface area (Å²) in [5.41, 5.74) is 3.73. The number of hydrogen-bond acceptors (Lipinski definition) is 9. The Balaban J connectivity index is 0.000000254. The number of allylic oxidation sites excluding steroid dienone is 1. The summed E-state index contributed by atoms with van der Waals surface area (Å²) in [5.74, 6) is -1.61. The van der Waals surface area contributed by atoms with Gasteiger partial charge in [0.1, 0.15) is 11.4 Å². The number of carbonyl (C=O) groups excluding carboxylic acids is 4. The Morgan fingerprint density at radius 3 is 1.61 bits per heavy atom.